The average molecular weight is 477 g/mol. The second kappa shape index (κ2) is 10.3. The number of nitrogens with one attached hydrogen (secondary N) is 2. The molecule has 2 aliphatic rings. The summed E-state index contributed by atoms with van der Waals surface area (Å²) in [5, 5.41) is 10.4. The van der Waals surface area contributed by atoms with E-state index < -0.39 is 0 Å². The standard InChI is InChI=1S/C22H28N4O6S/c1-29-17-7-13(8-18(30-2)20(17)31-3)22(28)24-21-15-11-33-12-16(15)25-26(21)10-19(27)23-9-14-5-4-6-32-14/h7-8,14H,4-6,9-12H2,1-3H3,(H,23,27)(H,24,28). The Morgan fingerprint density at radius 3 is 2.58 bits per heavy atom. The summed E-state index contributed by atoms with van der Waals surface area (Å²) in [5.41, 5.74) is 2.15. The van der Waals surface area contributed by atoms with Crippen molar-refractivity contribution in [3.05, 3.63) is 29.0 Å². The molecule has 10 nitrogen and oxygen atoms in total. The maximum Gasteiger partial charge on any atom is 0.257 e. The molecule has 0 spiro atoms. The number of methoxy groups -OCH3 is 3. The average Bonchev–Trinajstić information content (AvgIpc) is 3.56. The molecule has 33 heavy (non-hydrogen) atoms. The first-order chi connectivity index (χ1) is 16.0. The van der Waals surface area contributed by atoms with E-state index in [0.717, 1.165) is 42.2 Å². The first-order valence-electron chi connectivity index (χ1n) is 10.7. The Balaban J connectivity index is 1.53. The van der Waals surface area contributed by atoms with Gasteiger partial charge in [0.1, 0.15) is 12.4 Å². The van der Waals surface area contributed by atoms with Crippen molar-refractivity contribution in [3.8, 4) is 17.2 Å². The van der Waals surface area contributed by atoms with E-state index in [1.165, 1.54) is 21.3 Å². The number of fused-ring (bicyclic) bond motifs is 1. The van der Waals surface area contributed by atoms with Crippen LogP contribution in [0.25, 0.3) is 0 Å². The Morgan fingerprint density at radius 2 is 1.94 bits per heavy atom. The molecule has 1 aromatic heterocycles. The third-order valence-corrected chi connectivity index (χ3v) is 6.59. The highest BCUT2D eigenvalue weighted by molar-refractivity contribution is 7.98. The number of carbonyl (C=O) groups is 2. The third kappa shape index (κ3) is 5.03. The Hall–Kier alpha value is -2.92. The second-order valence-corrected chi connectivity index (χ2v) is 8.72. The molecule has 0 bridgehead atoms. The van der Waals surface area contributed by atoms with Crippen LogP contribution in [0.4, 0.5) is 5.82 Å². The zero-order valence-corrected chi connectivity index (χ0v) is 19.8. The number of ether oxygens (including phenoxy) is 4. The van der Waals surface area contributed by atoms with Crippen LogP contribution < -0.4 is 24.8 Å². The molecule has 1 saturated heterocycles. The van der Waals surface area contributed by atoms with Crippen LogP contribution in [0.5, 0.6) is 17.2 Å². The minimum atomic E-state index is -0.366. The van der Waals surface area contributed by atoms with Gasteiger partial charge >= 0.3 is 0 Å². The van der Waals surface area contributed by atoms with E-state index in [2.05, 4.69) is 15.7 Å². The van der Waals surface area contributed by atoms with Crippen LogP contribution in [0.2, 0.25) is 0 Å². The highest BCUT2D eigenvalue weighted by Gasteiger charge is 2.26. The number of amides is 2. The zero-order chi connectivity index (χ0) is 23.4. The maximum absolute atomic E-state index is 13.2. The number of benzene rings is 1. The van der Waals surface area contributed by atoms with Crippen LogP contribution >= 0.6 is 11.8 Å². The molecule has 1 unspecified atom stereocenters. The summed E-state index contributed by atoms with van der Waals surface area (Å²) in [4.78, 5) is 25.7. The lowest BCUT2D eigenvalue weighted by atomic mass is 10.1. The van der Waals surface area contributed by atoms with Gasteiger partial charge in [-0.25, -0.2) is 4.68 Å². The van der Waals surface area contributed by atoms with Crippen LogP contribution in [-0.2, 0) is 27.6 Å². The number of thioether (sulfide) groups is 1. The van der Waals surface area contributed by atoms with Gasteiger partial charge in [0.25, 0.3) is 5.91 Å². The lowest BCUT2D eigenvalue weighted by molar-refractivity contribution is -0.122. The normalized spacial score (nSPS) is 16.9. The number of aromatic nitrogens is 2. The summed E-state index contributed by atoms with van der Waals surface area (Å²) >= 11 is 1.72. The van der Waals surface area contributed by atoms with E-state index in [0.29, 0.717) is 35.2 Å². The largest absolute Gasteiger partial charge is 0.493 e. The van der Waals surface area contributed by atoms with Gasteiger partial charge < -0.3 is 29.6 Å². The molecule has 178 valence electrons. The van der Waals surface area contributed by atoms with Gasteiger partial charge in [0.2, 0.25) is 11.7 Å². The van der Waals surface area contributed by atoms with Crippen molar-refractivity contribution in [2.75, 3.05) is 39.8 Å². The lowest BCUT2D eigenvalue weighted by Crippen LogP contribution is -2.34. The van der Waals surface area contributed by atoms with Gasteiger partial charge in [-0.15, -0.1) is 0 Å². The molecule has 4 rings (SSSR count). The second-order valence-electron chi connectivity index (χ2n) is 7.73. The molecular weight excluding hydrogens is 448 g/mol. The molecule has 2 aliphatic heterocycles. The Labute approximate surface area is 196 Å². The summed E-state index contributed by atoms with van der Waals surface area (Å²) in [6, 6.07) is 3.17. The minimum absolute atomic E-state index is 0.00918. The minimum Gasteiger partial charge on any atom is -0.493 e. The molecule has 0 radical (unpaired) electrons. The van der Waals surface area contributed by atoms with Gasteiger partial charge in [-0.05, 0) is 25.0 Å². The molecule has 2 N–H and O–H groups in total. The predicted molar refractivity (Wildman–Crippen MR) is 123 cm³/mol. The fourth-order valence-corrected chi connectivity index (χ4v) is 4.97. The van der Waals surface area contributed by atoms with E-state index in [-0.39, 0.29) is 24.5 Å². The molecule has 0 aliphatic carbocycles. The van der Waals surface area contributed by atoms with Gasteiger partial charge in [0.05, 0.1) is 33.1 Å². The Kier molecular flexibility index (Phi) is 7.29. The van der Waals surface area contributed by atoms with E-state index in [9.17, 15) is 9.59 Å². The SMILES string of the molecule is COc1cc(C(=O)Nc2c3c(nn2CC(=O)NCC2CCCO2)CSC3)cc(OC)c1OC. The molecule has 2 amide bonds. The van der Waals surface area contributed by atoms with Crippen LogP contribution in [-0.4, -0.2) is 62.2 Å². The van der Waals surface area contributed by atoms with E-state index in [4.69, 9.17) is 18.9 Å². The molecule has 3 heterocycles. The fourth-order valence-electron chi connectivity index (χ4n) is 3.94. The number of carbonyl (C=O) groups excluding carboxylic acids is 2. The van der Waals surface area contributed by atoms with Crippen molar-refractivity contribution < 1.29 is 28.5 Å². The Morgan fingerprint density at radius 1 is 1.18 bits per heavy atom. The highest BCUT2D eigenvalue weighted by Crippen LogP contribution is 2.39. The number of rotatable bonds is 9. The molecule has 1 atom stereocenters. The van der Waals surface area contributed by atoms with Crippen molar-refractivity contribution in [2.45, 2.75) is 37.0 Å². The van der Waals surface area contributed by atoms with Crippen LogP contribution in [0.3, 0.4) is 0 Å². The monoisotopic (exact) mass is 476 g/mol. The van der Waals surface area contributed by atoms with Crippen LogP contribution in [0, 0.1) is 0 Å². The molecule has 1 aromatic carbocycles. The smallest absolute Gasteiger partial charge is 0.257 e. The molecule has 0 saturated carbocycles. The van der Waals surface area contributed by atoms with Gasteiger partial charge in [-0.1, -0.05) is 0 Å². The summed E-state index contributed by atoms with van der Waals surface area (Å²) in [6.07, 6.45) is 2.03. The number of hydrogen-bond acceptors (Lipinski definition) is 8. The summed E-state index contributed by atoms with van der Waals surface area (Å²) in [7, 11) is 4.49. The molecular formula is C22H28N4O6S. The van der Waals surface area contributed by atoms with Crippen LogP contribution in [0.1, 0.15) is 34.5 Å². The predicted octanol–water partition coefficient (Wildman–Crippen LogP) is 2.20. The molecule has 1 fully saturated rings. The quantitative estimate of drug-likeness (QED) is 0.566. The summed E-state index contributed by atoms with van der Waals surface area (Å²) in [5.74, 6) is 2.61. The van der Waals surface area contributed by atoms with E-state index in [1.807, 2.05) is 0 Å². The van der Waals surface area contributed by atoms with Gasteiger partial charge in [0.15, 0.2) is 11.5 Å². The van der Waals surface area contributed by atoms with Gasteiger partial charge in [-0.3, -0.25) is 9.59 Å². The van der Waals surface area contributed by atoms with E-state index in [1.54, 1.807) is 28.6 Å². The molecule has 2 aromatic rings. The third-order valence-electron chi connectivity index (χ3n) is 5.62. The van der Waals surface area contributed by atoms with Crippen molar-refractivity contribution in [3.63, 3.8) is 0 Å². The first kappa shape index (κ1) is 23.2. The zero-order valence-electron chi connectivity index (χ0n) is 18.9. The summed E-state index contributed by atoms with van der Waals surface area (Å²) < 4.78 is 23.2. The van der Waals surface area contributed by atoms with Crippen molar-refractivity contribution in [1.82, 2.24) is 15.1 Å². The van der Waals surface area contributed by atoms with Crippen LogP contribution in [0.15, 0.2) is 12.1 Å². The van der Waals surface area contributed by atoms with E-state index >= 15 is 0 Å². The van der Waals surface area contributed by atoms with Crippen molar-refractivity contribution >= 4 is 29.4 Å². The number of anilines is 1. The van der Waals surface area contributed by atoms with Crippen molar-refractivity contribution in [2.24, 2.45) is 0 Å². The fraction of sp³-hybridized carbons (Fsp3) is 0.500. The molecule has 11 heteroatoms. The first-order valence-corrected chi connectivity index (χ1v) is 11.9. The highest BCUT2D eigenvalue weighted by atomic mass is 32.2. The lowest BCUT2D eigenvalue weighted by Gasteiger charge is -2.15. The number of nitrogens with zero attached hydrogens (tertiary/aromatic N) is 2. The van der Waals surface area contributed by atoms with Crippen molar-refractivity contribution in [1.29, 1.82) is 0 Å². The Bertz CT molecular complexity index is 1010. The maximum atomic E-state index is 13.2. The number of hydrogen-bond donors (Lipinski definition) is 2. The topological polar surface area (TPSA) is 113 Å². The van der Waals surface area contributed by atoms with Gasteiger partial charge in [-0.2, -0.15) is 16.9 Å². The van der Waals surface area contributed by atoms with Gasteiger partial charge in [0, 0.05) is 35.8 Å². The summed E-state index contributed by atoms with van der Waals surface area (Å²) in [6.45, 7) is 1.22.